The second-order valence-corrected chi connectivity index (χ2v) is 8.13. The molecule has 0 bridgehead atoms. The van der Waals surface area contributed by atoms with Crippen molar-refractivity contribution in [2.75, 3.05) is 31.1 Å². The summed E-state index contributed by atoms with van der Waals surface area (Å²) in [6.07, 6.45) is 3.94. The lowest BCUT2D eigenvalue weighted by molar-refractivity contribution is 0.0851. The summed E-state index contributed by atoms with van der Waals surface area (Å²) in [6.45, 7) is 8.03. The van der Waals surface area contributed by atoms with Crippen LogP contribution in [0, 0.1) is 0 Å². The number of hydrogen-bond acceptors (Lipinski definition) is 4. The Kier molecular flexibility index (Phi) is 5.10. The van der Waals surface area contributed by atoms with Crippen molar-refractivity contribution in [3.05, 3.63) is 0 Å². The Morgan fingerprint density at radius 2 is 2.18 bits per heavy atom. The Morgan fingerprint density at radius 3 is 2.82 bits per heavy atom. The Morgan fingerprint density at radius 1 is 1.35 bits per heavy atom. The Hall–Kier alpha value is 0.620. The molecule has 2 N–H and O–H groups in total. The van der Waals surface area contributed by atoms with Crippen LogP contribution in [-0.4, -0.2) is 52.1 Å². The second kappa shape index (κ2) is 6.18. The largest absolute Gasteiger partial charge is 0.329 e. The van der Waals surface area contributed by atoms with E-state index in [-0.39, 0.29) is 5.54 Å². The summed E-state index contributed by atoms with van der Waals surface area (Å²) < 4.78 is 0. The van der Waals surface area contributed by atoms with E-state index < -0.39 is 0 Å². The van der Waals surface area contributed by atoms with E-state index in [1.807, 2.05) is 0 Å². The zero-order valence-corrected chi connectivity index (χ0v) is 12.8. The molecule has 100 valence electrons. The van der Waals surface area contributed by atoms with Crippen LogP contribution in [0.15, 0.2) is 0 Å². The molecule has 2 heterocycles. The number of nitrogens with zero attached hydrogens (tertiary/aromatic N) is 1. The summed E-state index contributed by atoms with van der Waals surface area (Å²) in [5.41, 5.74) is 6.47. The third kappa shape index (κ3) is 2.80. The molecule has 0 radical (unpaired) electrons. The molecule has 3 atom stereocenters. The summed E-state index contributed by atoms with van der Waals surface area (Å²) in [5, 5.41) is 1.52. The molecular weight excluding hydrogens is 248 g/mol. The Balaban J connectivity index is 2.10. The van der Waals surface area contributed by atoms with Crippen molar-refractivity contribution in [2.24, 2.45) is 5.73 Å². The highest BCUT2D eigenvalue weighted by molar-refractivity contribution is 8.00. The first kappa shape index (κ1) is 14.0. The van der Waals surface area contributed by atoms with Crippen molar-refractivity contribution in [3.63, 3.8) is 0 Å². The molecule has 2 rings (SSSR count). The van der Waals surface area contributed by atoms with Gasteiger partial charge in [-0.25, -0.2) is 0 Å². The van der Waals surface area contributed by atoms with Gasteiger partial charge in [0.2, 0.25) is 0 Å². The van der Waals surface area contributed by atoms with Crippen molar-refractivity contribution < 1.29 is 0 Å². The molecule has 17 heavy (non-hydrogen) atoms. The number of hydrogen-bond donors (Lipinski definition) is 1. The van der Waals surface area contributed by atoms with Crippen molar-refractivity contribution in [3.8, 4) is 0 Å². The van der Waals surface area contributed by atoms with E-state index in [1.165, 1.54) is 43.9 Å². The molecule has 0 amide bonds. The quantitative estimate of drug-likeness (QED) is 0.856. The van der Waals surface area contributed by atoms with Gasteiger partial charge in [-0.05, 0) is 25.0 Å². The van der Waals surface area contributed by atoms with E-state index in [0.717, 1.165) is 11.8 Å². The average Bonchev–Trinajstić information content (AvgIpc) is 2.40. The van der Waals surface area contributed by atoms with Crippen LogP contribution in [0.4, 0.5) is 0 Å². The van der Waals surface area contributed by atoms with Gasteiger partial charge in [-0.15, -0.1) is 0 Å². The first-order chi connectivity index (χ1) is 8.23. The molecule has 0 aromatic rings. The summed E-state index contributed by atoms with van der Waals surface area (Å²) in [6, 6.07) is 0. The van der Waals surface area contributed by atoms with Gasteiger partial charge >= 0.3 is 0 Å². The Bertz CT molecular complexity index is 250. The van der Waals surface area contributed by atoms with Crippen LogP contribution in [0.25, 0.3) is 0 Å². The molecule has 2 saturated heterocycles. The fourth-order valence-corrected chi connectivity index (χ4v) is 5.70. The van der Waals surface area contributed by atoms with Gasteiger partial charge in [0.1, 0.15) is 0 Å². The highest BCUT2D eigenvalue weighted by Gasteiger charge is 2.43. The predicted molar refractivity (Wildman–Crippen MR) is 81.0 cm³/mol. The van der Waals surface area contributed by atoms with Crippen LogP contribution in [0.3, 0.4) is 0 Å². The number of thioether (sulfide) groups is 2. The minimum Gasteiger partial charge on any atom is -0.329 e. The van der Waals surface area contributed by atoms with Gasteiger partial charge in [-0.2, -0.15) is 23.5 Å². The lowest BCUT2D eigenvalue weighted by Crippen LogP contribution is -2.63. The summed E-state index contributed by atoms with van der Waals surface area (Å²) in [4.78, 5) is 2.73. The maximum Gasteiger partial charge on any atom is 0.0448 e. The fraction of sp³-hybridized carbons (Fsp3) is 1.00. The normalized spacial score (nSPS) is 40.4. The standard InChI is InChI=1S/C13H26N2S2/c1-3-12-9-15(6-8-17-12)13(10-14)5-4-7-16-11(13)2/h11-12H,3-10,14H2,1-2H3. The van der Waals surface area contributed by atoms with Crippen LogP contribution in [-0.2, 0) is 0 Å². The molecule has 0 spiro atoms. The first-order valence-electron chi connectivity index (χ1n) is 6.91. The van der Waals surface area contributed by atoms with E-state index in [0.29, 0.717) is 5.25 Å². The second-order valence-electron chi connectivity index (χ2n) is 5.27. The molecule has 3 unspecified atom stereocenters. The molecule has 0 saturated carbocycles. The third-order valence-corrected chi connectivity index (χ3v) is 7.29. The maximum atomic E-state index is 6.18. The van der Waals surface area contributed by atoms with E-state index in [1.54, 1.807) is 0 Å². The van der Waals surface area contributed by atoms with Crippen LogP contribution < -0.4 is 5.73 Å². The van der Waals surface area contributed by atoms with Crippen LogP contribution in [0.5, 0.6) is 0 Å². The van der Waals surface area contributed by atoms with Gasteiger partial charge in [0, 0.05) is 41.4 Å². The minimum absolute atomic E-state index is 0.289. The van der Waals surface area contributed by atoms with Crippen LogP contribution in [0.2, 0.25) is 0 Å². The number of rotatable bonds is 3. The average molecular weight is 274 g/mol. The molecular formula is C13H26N2S2. The molecule has 2 aliphatic rings. The highest BCUT2D eigenvalue weighted by Crippen LogP contribution is 2.40. The molecule has 4 heteroatoms. The minimum atomic E-state index is 0.289. The predicted octanol–water partition coefficient (Wildman–Crippen LogP) is 2.43. The number of nitrogens with two attached hydrogens (primary N) is 1. The smallest absolute Gasteiger partial charge is 0.0448 e. The van der Waals surface area contributed by atoms with Gasteiger partial charge in [0.05, 0.1) is 0 Å². The van der Waals surface area contributed by atoms with E-state index >= 15 is 0 Å². The summed E-state index contributed by atoms with van der Waals surface area (Å²) in [5.74, 6) is 2.61. The molecule has 2 nitrogen and oxygen atoms in total. The molecule has 2 aliphatic heterocycles. The molecule has 0 aliphatic carbocycles. The molecule has 0 aromatic carbocycles. The van der Waals surface area contributed by atoms with Crippen molar-refractivity contribution in [1.82, 2.24) is 4.90 Å². The fourth-order valence-electron chi connectivity index (χ4n) is 3.18. The van der Waals surface area contributed by atoms with Crippen molar-refractivity contribution in [2.45, 2.75) is 49.1 Å². The van der Waals surface area contributed by atoms with E-state index in [9.17, 15) is 0 Å². The lowest BCUT2D eigenvalue weighted by atomic mass is 9.87. The zero-order chi connectivity index (χ0) is 12.3. The SMILES string of the molecule is CCC1CN(C2(CN)CCCSC2C)CCS1. The topological polar surface area (TPSA) is 29.3 Å². The van der Waals surface area contributed by atoms with Gasteiger partial charge in [-0.3, -0.25) is 4.90 Å². The van der Waals surface area contributed by atoms with Gasteiger partial charge in [0.25, 0.3) is 0 Å². The highest BCUT2D eigenvalue weighted by atomic mass is 32.2. The van der Waals surface area contributed by atoms with Crippen LogP contribution >= 0.6 is 23.5 Å². The van der Waals surface area contributed by atoms with E-state index in [4.69, 9.17) is 5.73 Å². The van der Waals surface area contributed by atoms with Crippen LogP contribution in [0.1, 0.15) is 33.1 Å². The molecule has 2 fully saturated rings. The Labute approximate surface area is 114 Å². The molecule has 0 aromatic heterocycles. The van der Waals surface area contributed by atoms with Gasteiger partial charge < -0.3 is 5.73 Å². The monoisotopic (exact) mass is 274 g/mol. The van der Waals surface area contributed by atoms with Crippen molar-refractivity contribution in [1.29, 1.82) is 0 Å². The lowest BCUT2D eigenvalue weighted by Gasteiger charge is -2.52. The van der Waals surface area contributed by atoms with Gasteiger partial charge in [-0.1, -0.05) is 13.8 Å². The van der Waals surface area contributed by atoms with Crippen molar-refractivity contribution >= 4 is 23.5 Å². The summed E-state index contributed by atoms with van der Waals surface area (Å²) in [7, 11) is 0. The zero-order valence-electron chi connectivity index (χ0n) is 11.2. The maximum absolute atomic E-state index is 6.18. The van der Waals surface area contributed by atoms with E-state index in [2.05, 4.69) is 42.3 Å². The van der Waals surface area contributed by atoms with Gasteiger partial charge in [0.15, 0.2) is 0 Å². The third-order valence-electron chi connectivity index (χ3n) is 4.46. The first-order valence-corrected chi connectivity index (χ1v) is 9.01. The summed E-state index contributed by atoms with van der Waals surface area (Å²) >= 11 is 4.28.